The highest BCUT2D eigenvalue weighted by Gasteiger charge is 2.08. The second kappa shape index (κ2) is 5.92. The molecule has 1 aromatic carbocycles. The summed E-state index contributed by atoms with van der Waals surface area (Å²) in [6, 6.07) is 3.46. The average molecular weight is 255 g/mol. The number of nitrogen functional groups attached to an aromatic ring is 1. The zero-order chi connectivity index (χ0) is 13.0. The largest absolute Gasteiger partial charge is 0.398 e. The van der Waals surface area contributed by atoms with E-state index in [0.29, 0.717) is 23.0 Å². The van der Waals surface area contributed by atoms with E-state index in [-0.39, 0.29) is 5.91 Å². The minimum absolute atomic E-state index is 0.0163. The Kier molecular flexibility index (Phi) is 4.82. The molecule has 0 fully saturated rings. The lowest BCUT2D eigenvalue weighted by atomic mass is 10.1. The summed E-state index contributed by atoms with van der Waals surface area (Å²) in [6.45, 7) is 6.09. The van der Waals surface area contributed by atoms with Crippen LogP contribution in [0.15, 0.2) is 12.1 Å². The first-order valence-electron chi connectivity index (χ1n) is 5.75. The summed E-state index contributed by atoms with van der Waals surface area (Å²) in [5.74, 6) is 0.541. The van der Waals surface area contributed by atoms with Crippen molar-refractivity contribution in [1.82, 2.24) is 0 Å². The van der Waals surface area contributed by atoms with Crippen LogP contribution in [-0.4, -0.2) is 5.91 Å². The Morgan fingerprint density at radius 1 is 1.47 bits per heavy atom. The molecule has 0 saturated carbocycles. The van der Waals surface area contributed by atoms with Gasteiger partial charge in [-0.1, -0.05) is 25.4 Å². The van der Waals surface area contributed by atoms with Gasteiger partial charge in [-0.2, -0.15) is 0 Å². The van der Waals surface area contributed by atoms with Crippen molar-refractivity contribution in [3.63, 3.8) is 0 Å². The molecule has 3 N–H and O–H groups in total. The predicted octanol–water partition coefficient (Wildman–Crippen LogP) is 3.61. The van der Waals surface area contributed by atoms with Crippen LogP contribution in [0, 0.1) is 12.8 Å². The molecular weight excluding hydrogens is 236 g/mol. The van der Waals surface area contributed by atoms with Crippen LogP contribution in [0.5, 0.6) is 0 Å². The van der Waals surface area contributed by atoms with Crippen molar-refractivity contribution in [2.24, 2.45) is 5.92 Å². The molecule has 1 rings (SSSR count). The van der Waals surface area contributed by atoms with Crippen molar-refractivity contribution in [3.05, 3.63) is 22.7 Å². The second-order valence-electron chi connectivity index (χ2n) is 4.67. The molecule has 4 heteroatoms. The van der Waals surface area contributed by atoms with E-state index in [0.717, 1.165) is 17.7 Å². The fourth-order valence-corrected chi connectivity index (χ4v) is 1.63. The third kappa shape index (κ3) is 4.27. The summed E-state index contributed by atoms with van der Waals surface area (Å²) in [5.41, 5.74) is 7.86. The molecule has 0 aliphatic rings. The predicted molar refractivity (Wildman–Crippen MR) is 73.3 cm³/mol. The third-order valence-corrected chi connectivity index (χ3v) is 2.89. The zero-order valence-corrected chi connectivity index (χ0v) is 11.3. The van der Waals surface area contributed by atoms with Crippen LogP contribution in [0.4, 0.5) is 11.4 Å². The van der Waals surface area contributed by atoms with Gasteiger partial charge in [-0.25, -0.2) is 0 Å². The van der Waals surface area contributed by atoms with Gasteiger partial charge in [-0.05, 0) is 37.0 Å². The molecule has 94 valence electrons. The van der Waals surface area contributed by atoms with Crippen LogP contribution >= 0.6 is 11.6 Å². The number of benzene rings is 1. The quantitative estimate of drug-likeness (QED) is 0.807. The molecule has 0 radical (unpaired) electrons. The minimum Gasteiger partial charge on any atom is -0.398 e. The average Bonchev–Trinajstić information content (AvgIpc) is 2.23. The number of carbonyl (C=O) groups is 1. The smallest absolute Gasteiger partial charge is 0.224 e. The van der Waals surface area contributed by atoms with E-state index in [9.17, 15) is 4.79 Å². The van der Waals surface area contributed by atoms with Gasteiger partial charge < -0.3 is 11.1 Å². The highest BCUT2D eigenvalue weighted by Crippen LogP contribution is 2.26. The molecule has 0 heterocycles. The first-order valence-corrected chi connectivity index (χ1v) is 6.13. The molecule has 1 aromatic rings. The molecule has 1 amide bonds. The van der Waals surface area contributed by atoms with E-state index < -0.39 is 0 Å². The fourth-order valence-electron chi connectivity index (χ4n) is 1.47. The summed E-state index contributed by atoms with van der Waals surface area (Å²) in [6.07, 6.45) is 1.41. The van der Waals surface area contributed by atoms with Crippen LogP contribution in [0.2, 0.25) is 5.02 Å². The maximum absolute atomic E-state index is 11.7. The lowest BCUT2D eigenvalue weighted by Crippen LogP contribution is -2.13. The van der Waals surface area contributed by atoms with Crippen LogP contribution < -0.4 is 11.1 Å². The van der Waals surface area contributed by atoms with Crippen molar-refractivity contribution in [2.75, 3.05) is 11.1 Å². The van der Waals surface area contributed by atoms with Crippen LogP contribution in [0.1, 0.15) is 32.3 Å². The number of nitrogens with two attached hydrogens (primary N) is 1. The van der Waals surface area contributed by atoms with Gasteiger partial charge in [-0.3, -0.25) is 4.79 Å². The maximum atomic E-state index is 11.7. The third-order valence-electron chi connectivity index (χ3n) is 2.57. The van der Waals surface area contributed by atoms with E-state index in [2.05, 4.69) is 19.2 Å². The number of hydrogen-bond donors (Lipinski definition) is 2. The molecule has 0 aliphatic carbocycles. The summed E-state index contributed by atoms with van der Waals surface area (Å²) in [4.78, 5) is 11.7. The Balaban J connectivity index is 2.68. The van der Waals surface area contributed by atoms with Crippen LogP contribution in [-0.2, 0) is 4.79 Å². The zero-order valence-electron chi connectivity index (χ0n) is 10.5. The van der Waals surface area contributed by atoms with Crippen molar-refractivity contribution < 1.29 is 4.79 Å². The Labute approximate surface area is 107 Å². The first kappa shape index (κ1) is 13.8. The molecule has 0 spiro atoms. The Hall–Kier alpha value is -1.22. The molecule has 0 aliphatic heterocycles. The molecule has 3 nitrogen and oxygen atoms in total. The molecule has 17 heavy (non-hydrogen) atoms. The van der Waals surface area contributed by atoms with E-state index in [1.165, 1.54) is 0 Å². The lowest BCUT2D eigenvalue weighted by Gasteiger charge is -2.11. The fraction of sp³-hybridized carbons (Fsp3) is 0.462. The molecular formula is C13H19ClN2O. The highest BCUT2D eigenvalue weighted by molar-refractivity contribution is 6.33. The van der Waals surface area contributed by atoms with Gasteiger partial charge in [0.1, 0.15) is 0 Å². The number of carbonyl (C=O) groups excluding carboxylic acids is 1. The molecule has 0 aromatic heterocycles. The number of nitrogens with one attached hydrogen (secondary N) is 1. The summed E-state index contributed by atoms with van der Waals surface area (Å²) in [7, 11) is 0. The van der Waals surface area contributed by atoms with E-state index in [4.69, 9.17) is 17.3 Å². The van der Waals surface area contributed by atoms with Gasteiger partial charge in [0.25, 0.3) is 0 Å². The van der Waals surface area contributed by atoms with E-state index in [1.54, 1.807) is 12.1 Å². The van der Waals surface area contributed by atoms with Gasteiger partial charge in [0.15, 0.2) is 0 Å². The lowest BCUT2D eigenvalue weighted by molar-refractivity contribution is -0.116. The van der Waals surface area contributed by atoms with Gasteiger partial charge in [0.05, 0.1) is 10.7 Å². The Morgan fingerprint density at radius 2 is 2.12 bits per heavy atom. The monoisotopic (exact) mass is 254 g/mol. The maximum Gasteiger partial charge on any atom is 0.224 e. The van der Waals surface area contributed by atoms with E-state index in [1.807, 2.05) is 6.92 Å². The highest BCUT2D eigenvalue weighted by atomic mass is 35.5. The Morgan fingerprint density at radius 3 is 2.71 bits per heavy atom. The summed E-state index contributed by atoms with van der Waals surface area (Å²) < 4.78 is 0. The second-order valence-corrected chi connectivity index (χ2v) is 5.08. The van der Waals surface area contributed by atoms with Crippen LogP contribution in [0.3, 0.4) is 0 Å². The van der Waals surface area contributed by atoms with E-state index >= 15 is 0 Å². The van der Waals surface area contributed by atoms with Gasteiger partial charge in [-0.15, -0.1) is 0 Å². The molecule has 0 atom stereocenters. The molecule has 0 bridgehead atoms. The van der Waals surface area contributed by atoms with Gasteiger partial charge >= 0.3 is 0 Å². The Bertz CT molecular complexity index is 416. The number of anilines is 2. The van der Waals surface area contributed by atoms with Crippen LogP contribution in [0.25, 0.3) is 0 Å². The van der Waals surface area contributed by atoms with Crippen molar-refractivity contribution in [2.45, 2.75) is 33.6 Å². The van der Waals surface area contributed by atoms with Crippen molar-refractivity contribution in [3.8, 4) is 0 Å². The first-order chi connectivity index (χ1) is 7.90. The number of hydrogen-bond acceptors (Lipinski definition) is 2. The number of halogens is 1. The van der Waals surface area contributed by atoms with Gasteiger partial charge in [0, 0.05) is 12.1 Å². The summed E-state index contributed by atoms with van der Waals surface area (Å²) in [5, 5.41) is 3.32. The van der Waals surface area contributed by atoms with Crippen molar-refractivity contribution in [1.29, 1.82) is 0 Å². The standard InChI is InChI=1S/C13H19ClN2O/c1-8(2)4-5-13(17)16-12-7-10(14)11(15)6-9(12)3/h6-8H,4-5,15H2,1-3H3,(H,16,17). The molecule has 0 unspecified atom stereocenters. The SMILES string of the molecule is Cc1cc(N)c(Cl)cc1NC(=O)CCC(C)C. The van der Waals surface area contributed by atoms with Gasteiger partial charge in [0.2, 0.25) is 5.91 Å². The normalized spacial score (nSPS) is 10.6. The van der Waals surface area contributed by atoms with Crippen molar-refractivity contribution >= 4 is 28.9 Å². The number of aryl methyl sites for hydroxylation is 1. The number of rotatable bonds is 4. The molecule has 0 saturated heterocycles. The summed E-state index contributed by atoms with van der Waals surface area (Å²) >= 11 is 5.92. The topological polar surface area (TPSA) is 55.1 Å². The number of amides is 1. The minimum atomic E-state index is 0.0163.